The highest BCUT2D eigenvalue weighted by atomic mass is 32.2. The molecular weight excluding hydrogens is 707 g/mol. The first-order valence-electron chi connectivity index (χ1n) is 14.3. The lowest BCUT2D eigenvalue weighted by Gasteiger charge is -2.19. The molecule has 4 rings (SSSR count). The van der Waals surface area contributed by atoms with Gasteiger partial charge in [0.25, 0.3) is 23.6 Å². The van der Waals surface area contributed by atoms with Gasteiger partial charge < -0.3 is 21.3 Å². The SMILES string of the molecule is CCCCCC(C)NS(=O)(=O)c1cc(N=NC2C(=O)NC(=S)NC2=O)ccc1-c1ccc(N=NC2C(=O)NC(=S)NC2=O)cc1[SH](=O)=O. The molecule has 21 heteroatoms. The molecule has 2 heterocycles. The summed E-state index contributed by atoms with van der Waals surface area (Å²) in [5.41, 5.74) is -0.167. The molecule has 254 valence electrons. The summed E-state index contributed by atoms with van der Waals surface area (Å²) in [4.78, 5) is 47.9. The van der Waals surface area contributed by atoms with Gasteiger partial charge in [0.2, 0.25) is 22.1 Å². The smallest absolute Gasteiger partial charge is 0.262 e. The number of unbranched alkanes of at least 4 members (excludes halogenated alkanes) is 2. The van der Waals surface area contributed by atoms with E-state index in [2.05, 4.69) is 46.4 Å². The summed E-state index contributed by atoms with van der Waals surface area (Å²) < 4.78 is 55.1. The highest BCUT2D eigenvalue weighted by Crippen LogP contribution is 2.36. The largest absolute Gasteiger partial charge is 0.300 e. The van der Waals surface area contributed by atoms with Crippen LogP contribution in [-0.4, -0.2) is 68.8 Å². The number of thiol groups is 1. The molecule has 0 spiro atoms. The van der Waals surface area contributed by atoms with Crippen molar-refractivity contribution in [1.29, 1.82) is 0 Å². The highest BCUT2D eigenvalue weighted by molar-refractivity contribution is 7.89. The topological polar surface area (TPSA) is 246 Å². The third kappa shape index (κ3) is 8.92. The number of amides is 4. The second kappa shape index (κ2) is 15.6. The van der Waals surface area contributed by atoms with Crippen molar-refractivity contribution >= 4 is 90.4 Å². The summed E-state index contributed by atoms with van der Waals surface area (Å²) in [6.07, 6.45) is 3.13. The van der Waals surface area contributed by atoms with Crippen LogP contribution in [0.4, 0.5) is 11.4 Å². The molecule has 5 N–H and O–H groups in total. The molecule has 0 aromatic heterocycles. The summed E-state index contributed by atoms with van der Waals surface area (Å²) in [7, 11) is -7.68. The molecule has 4 amide bonds. The molecule has 2 aliphatic rings. The number of azo groups is 2. The first-order chi connectivity index (χ1) is 22.7. The lowest BCUT2D eigenvalue weighted by atomic mass is 10.0. The van der Waals surface area contributed by atoms with E-state index in [9.17, 15) is 36.0 Å². The molecule has 2 aromatic carbocycles. The summed E-state index contributed by atoms with van der Waals surface area (Å²) in [5.74, 6) is -3.30. The summed E-state index contributed by atoms with van der Waals surface area (Å²) >= 11 is 9.52. The Morgan fingerprint density at radius 2 is 1.27 bits per heavy atom. The van der Waals surface area contributed by atoms with Crippen molar-refractivity contribution in [2.45, 2.75) is 67.4 Å². The molecule has 1 unspecified atom stereocenters. The van der Waals surface area contributed by atoms with E-state index >= 15 is 0 Å². The molecule has 2 saturated heterocycles. The van der Waals surface area contributed by atoms with Crippen molar-refractivity contribution < 1.29 is 36.0 Å². The molecule has 17 nitrogen and oxygen atoms in total. The van der Waals surface area contributed by atoms with E-state index in [0.29, 0.717) is 6.42 Å². The van der Waals surface area contributed by atoms with Crippen LogP contribution in [0, 0.1) is 0 Å². The molecule has 2 fully saturated rings. The van der Waals surface area contributed by atoms with Gasteiger partial charge in [0, 0.05) is 17.2 Å². The molecule has 0 radical (unpaired) electrons. The Morgan fingerprint density at radius 1 is 0.792 bits per heavy atom. The maximum absolute atomic E-state index is 13.8. The Bertz CT molecular complexity index is 1900. The number of carbonyl (C=O) groups is 4. The molecule has 2 aliphatic heterocycles. The fourth-order valence-electron chi connectivity index (χ4n) is 4.55. The first kappa shape index (κ1) is 36.4. The quantitative estimate of drug-likeness (QED) is 0.0570. The average Bonchev–Trinajstić information content (AvgIpc) is 2.99. The van der Waals surface area contributed by atoms with Gasteiger partial charge in [-0.25, -0.2) is 21.6 Å². The maximum Gasteiger partial charge on any atom is 0.262 e. The summed E-state index contributed by atoms with van der Waals surface area (Å²) in [6, 6.07) is 3.82. The van der Waals surface area contributed by atoms with Crippen LogP contribution < -0.4 is 26.0 Å². The third-order valence-corrected chi connectivity index (χ3v) is 9.64. The van der Waals surface area contributed by atoms with Crippen molar-refractivity contribution in [3.8, 4) is 11.1 Å². The normalized spacial score (nSPS) is 17.1. The number of benzene rings is 2. The molecule has 48 heavy (non-hydrogen) atoms. The number of hydrogen-bond donors (Lipinski definition) is 6. The number of sulfonamides is 1. The van der Waals surface area contributed by atoms with E-state index in [1.807, 2.05) is 6.92 Å². The minimum Gasteiger partial charge on any atom is -0.300 e. The number of rotatable bonds is 13. The zero-order chi connectivity index (χ0) is 35.2. The van der Waals surface area contributed by atoms with E-state index in [1.54, 1.807) is 6.92 Å². The minimum absolute atomic E-state index is 0.0226. The van der Waals surface area contributed by atoms with E-state index in [4.69, 9.17) is 24.4 Å². The fraction of sp³-hybridized carbons (Fsp3) is 0.333. The van der Waals surface area contributed by atoms with Crippen LogP contribution in [0.15, 0.2) is 66.6 Å². The number of nitrogens with one attached hydrogen (secondary N) is 5. The van der Waals surface area contributed by atoms with Gasteiger partial charge in [0.15, 0.2) is 20.9 Å². The molecule has 1 atom stereocenters. The Morgan fingerprint density at radius 3 is 1.75 bits per heavy atom. The van der Waals surface area contributed by atoms with Crippen LogP contribution in [0.1, 0.15) is 39.5 Å². The van der Waals surface area contributed by atoms with Gasteiger partial charge >= 0.3 is 0 Å². The molecule has 0 aliphatic carbocycles. The zero-order valence-corrected chi connectivity index (χ0v) is 28.6. The Kier molecular flexibility index (Phi) is 11.9. The van der Waals surface area contributed by atoms with Gasteiger partial charge in [-0.2, -0.15) is 20.5 Å². The summed E-state index contributed by atoms with van der Waals surface area (Å²) in [6.45, 7) is 3.71. The second-order valence-electron chi connectivity index (χ2n) is 10.5. The van der Waals surface area contributed by atoms with Gasteiger partial charge in [-0.15, -0.1) is 0 Å². The Balaban J connectivity index is 1.75. The first-order valence-corrected chi connectivity index (χ1v) is 17.8. The third-order valence-electron chi connectivity index (χ3n) is 6.84. The van der Waals surface area contributed by atoms with E-state index in [1.165, 1.54) is 24.3 Å². The molecule has 0 saturated carbocycles. The fourth-order valence-corrected chi connectivity index (χ4v) is 7.10. The Labute approximate surface area is 286 Å². The summed E-state index contributed by atoms with van der Waals surface area (Å²) in [5, 5.41) is 23.8. The van der Waals surface area contributed by atoms with E-state index in [-0.39, 0.29) is 42.5 Å². The second-order valence-corrected chi connectivity index (χ2v) is 14.0. The van der Waals surface area contributed by atoms with Crippen LogP contribution >= 0.6 is 24.4 Å². The van der Waals surface area contributed by atoms with E-state index in [0.717, 1.165) is 31.4 Å². The van der Waals surface area contributed by atoms with Crippen LogP contribution in [0.2, 0.25) is 0 Å². The van der Waals surface area contributed by atoms with Gasteiger partial charge in [-0.1, -0.05) is 38.3 Å². The van der Waals surface area contributed by atoms with Gasteiger partial charge in [-0.3, -0.25) is 19.2 Å². The molecule has 0 bridgehead atoms. The maximum atomic E-state index is 13.8. The van der Waals surface area contributed by atoms with Gasteiger partial charge in [-0.05, 0) is 62.0 Å². The average molecular weight is 736 g/mol. The molecule has 2 aromatic rings. The number of carbonyl (C=O) groups excluding carboxylic acids is 4. The van der Waals surface area contributed by atoms with Crippen LogP contribution in [0.5, 0.6) is 0 Å². The van der Waals surface area contributed by atoms with E-state index < -0.39 is 62.5 Å². The minimum atomic E-state index is -4.33. The number of nitrogens with zero attached hydrogens (tertiary/aromatic N) is 4. The predicted molar refractivity (Wildman–Crippen MR) is 179 cm³/mol. The van der Waals surface area contributed by atoms with Crippen molar-refractivity contribution in [2.24, 2.45) is 20.5 Å². The van der Waals surface area contributed by atoms with Crippen molar-refractivity contribution in [3.05, 3.63) is 36.4 Å². The van der Waals surface area contributed by atoms with Crippen molar-refractivity contribution in [2.75, 3.05) is 0 Å². The van der Waals surface area contributed by atoms with Crippen molar-refractivity contribution in [1.82, 2.24) is 26.0 Å². The number of thiocarbonyl (C=S) groups is 2. The lowest BCUT2D eigenvalue weighted by Crippen LogP contribution is -2.57. The van der Waals surface area contributed by atoms with Crippen LogP contribution in [0.3, 0.4) is 0 Å². The monoisotopic (exact) mass is 735 g/mol. The van der Waals surface area contributed by atoms with Crippen molar-refractivity contribution in [3.63, 3.8) is 0 Å². The van der Waals surface area contributed by atoms with Gasteiger partial charge in [0.1, 0.15) is 0 Å². The highest BCUT2D eigenvalue weighted by Gasteiger charge is 2.34. The number of hydrogen-bond acceptors (Lipinski definition) is 14. The lowest BCUT2D eigenvalue weighted by molar-refractivity contribution is -0.132. The Hall–Kier alpha value is -4.44. The predicted octanol–water partition coefficient (Wildman–Crippen LogP) is 1.54. The molecular formula is C27H29N9O8S4. The van der Waals surface area contributed by atoms with Gasteiger partial charge in [0.05, 0.1) is 21.2 Å². The standard InChI is InChI=1S/C27H29N9O8S4/c1-3-4-5-6-13(2)36-48(43,44)19-12-15(33-35-21-24(39)30-27(46)31-25(21)40)8-10-17(19)16-9-7-14(11-18(16)47(41)42)32-34-20-22(37)28-26(45)29-23(20)38/h7-13,20-21,36,47H,3-6H2,1-2H3,(H2,28,29,37,38,45)(H2,30,31,39,40,46). The zero-order valence-electron chi connectivity index (χ0n) is 25.3. The van der Waals surface area contributed by atoms with Crippen LogP contribution in [-0.2, 0) is 39.9 Å². The van der Waals surface area contributed by atoms with Crippen LogP contribution in [0.25, 0.3) is 11.1 Å².